The first-order valence-electron chi connectivity index (χ1n) is 4.71. The Labute approximate surface area is 114 Å². The zero-order chi connectivity index (χ0) is 13.3. The van der Waals surface area contributed by atoms with Crippen LogP contribution in [0.5, 0.6) is 0 Å². The second-order valence-electron chi connectivity index (χ2n) is 3.41. The molecule has 2 aromatic heterocycles. The van der Waals surface area contributed by atoms with E-state index in [-0.39, 0.29) is 20.9 Å². The SMILES string of the molecule is Cn1cnc(S(=O)(=O)Nc2cnccc2Cl)c1Cl. The Hall–Kier alpha value is -1.31. The highest BCUT2D eigenvalue weighted by Gasteiger charge is 2.23. The Morgan fingerprint density at radius 3 is 2.67 bits per heavy atom. The number of aryl methyl sites for hydroxylation is 1. The highest BCUT2D eigenvalue weighted by Crippen LogP contribution is 2.25. The van der Waals surface area contributed by atoms with Crippen LogP contribution in [0.1, 0.15) is 0 Å². The third kappa shape index (κ3) is 2.43. The fourth-order valence-electron chi connectivity index (χ4n) is 1.22. The van der Waals surface area contributed by atoms with Gasteiger partial charge in [-0.1, -0.05) is 23.2 Å². The van der Waals surface area contributed by atoms with Crippen LogP contribution in [-0.2, 0) is 17.1 Å². The number of sulfonamides is 1. The summed E-state index contributed by atoms with van der Waals surface area (Å²) in [6.45, 7) is 0. The molecule has 0 atom stereocenters. The fraction of sp³-hybridized carbons (Fsp3) is 0.111. The molecule has 1 N–H and O–H groups in total. The molecule has 0 amide bonds. The van der Waals surface area contributed by atoms with Gasteiger partial charge in [0.2, 0.25) is 5.03 Å². The zero-order valence-corrected chi connectivity index (χ0v) is 11.5. The minimum atomic E-state index is -3.88. The molecule has 2 aromatic rings. The van der Waals surface area contributed by atoms with Gasteiger partial charge in [-0.25, -0.2) is 4.98 Å². The molecular weight excluding hydrogens is 299 g/mol. The van der Waals surface area contributed by atoms with Crippen molar-refractivity contribution in [3.05, 3.63) is 35.0 Å². The monoisotopic (exact) mass is 306 g/mol. The summed E-state index contributed by atoms with van der Waals surface area (Å²) in [4.78, 5) is 7.51. The van der Waals surface area contributed by atoms with Crippen molar-refractivity contribution in [1.82, 2.24) is 14.5 Å². The lowest BCUT2D eigenvalue weighted by Crippen LogP contribution is -2.14. The van der Waals surface area contributed by atoms with E-state index in [1.165, 1.54) is 29.4 Å². The van der Waals surface area contributed by atoms with Crippen molar-refractivity contribution in [2.45, 2.75) is 5.03 Å². The summed E-state index contributed by atoms with van der Waals surface area (Å²) < 4.78 is 27.7. The third-order valence-corrected chi connectivity index (χ3v) is 4.28. The lowest BCUT2D eigenvalue weighted by molar-refractivity contribution is 0.598. The summed E-state index contributed by atoms with van der Waals surface area (Å²) in [7, 11) is -2.30. The molecule has 96 valence electrons. The van der Waals surface area contributed by atoms with Crippen molar-refractivity contribution in [2.75, 3.05) is 4.72 Å². The molecule has 2 rings (SSSR count). The van der Waals surface area contributed by atoms with Crippen molar-refractivity contribution < 1.29 is 8.42 Å². The van der Waals surface area contributed by atoms with E-state index < -0.39 is 10.0 Å². The maximum Gasteiger partial charge on any atom is 0.282 e. The van der Waals surface area contributed by atoms with Crippen LogP contribution in [0.4, 0.5) is 5.69 Å². The number of hydrogen-bond donors (Lipinski definition) is 1. The summed E-state index contributed by atoms with van der Waals surface area (Å²) in [5, 5.41) is -0.00488. The molecule has 0 saturated carbocycles. The average Bonchev–Trinajstić information content (AvgIpc) is 2.63. The molecule has 0 spiro atoms. The number of pyridine rings is 1. The largest absolute Gasteiger partial charge is 0.324 e. The quantitative estimate of drug-likeness (QED) is 0.940. The molecular formula is C9H8Cl2N4O2S. The zero-order valence-electron chi connectivity index (χ0n) is 9.13. The fourth-order valence-corrected chi connectivity index (χ4v) is 2.93. The second-order valence-corrected chi connectivity index (χ2v) is 5.78. The van der Waals surface area contributed by atoms with Crippen LogP contribution in [0.25, 0.3) is 0 Å². The minimum absolute atomic E-state index is 0.0162. The lowest BCUT2D eigenvalue weighted by atomic mass is 10.4. The standard InChI is InChI=1S/C9H8Cl2N4O2S/c1-15-5-13-9(8(15)11)18(16,17)14-7-4-12-3-2-6(7)10/h2-5,14H,1H3. The molecule has 0 unspecified atom stereocenters. The topological polar surface area (TPSA) is 76.9 Å². The Kier molecular flexibility index (Phi) is 3.47. The number of aromatic nitrogens is 3. The maximum absolute atomic E-state index is 12.0. The summed E-state index contributed by atoms with van der Waals surface area (Å²) >= 11 is 11.7. The van der Waals surface area contributed by atoms with Crippen molar-refractivity contribution in [3.8, 4) is 0 Å². The number of nitrogens with zero attached hydrogens (tertiary/aromatic N) is 3. The van der Waals surface area contributed by atoms with E-state index in [0.29, 0.717) is 0 Å². The van der Waals surface area contributed by atoms with Crippen molar-refractivity contribution in [3.63, 3.8) is 0 Å². The van der Waals surface area contributed by atoms with Crippen LogP contribution >= 0.6 is 23.2 Å². The van der Waals surface area contributed by atoms with Gasteiger partial charge in [-0.15, -0.1) is 0 Å². The molecule has 0 aliphatic heterocycles. The van der Waals surface area contributed by atoms with E-state index in [1.54, 1.807) is 7.05 Å². The molecule has 0 saturated heterocycles. The summed E-state index contributed by atoms with van der Waals surface area (Å²) in [5.74, 6) is 0. The van der Waals surface area contributed by atoms with Gasteiger partial charge in [0.05, 0.1) is 23.2 Å². The predicted molar refractivity (Wildman–Crippen MR) is 68.3 cm³/mol. The van der Waals surface area contributed by atoms with E-state index in [2.05, 4.69) is 14.7 Å². The van der Waals surface area contributed by atoms with Gasteiger partial charge in [-0.2, -0.15) is 8.42 Å². The van der Waals surface area contributed by atoms with E-state index in [1.807, 2.05) is 0 Å². The van der Waals surface area contributed by atoms with E-state index >= 15 is 0 Å². The highest BCUT2D eigenvalue weighted by molar-refractivity contribution is 7.92. The number of hydrogen-bond acceptors (Lipinski definition) is 4. The molecule has 0 aliphatic carbocycles. The molecule has 0 aromatic carbocycles. The lowest BCUT2D eigenvalue weighted by Gasteiger charge is -2.07. The van der Waals surface area contributed by atoms with Crippen molar-refractivity contribution in [2.24, 2.45) is 7.05 Å². The molecule has 0 fully saturated rings. The first-order valence-corrected chi connectivity index (χ1v) is 6.95. The Morgan fingerprint density at radius 2 is 2.11 bits per heavy atom. The van der Waals surface area contributed by atoms with Gasteiger partial charge in [0.15, 0.2) is 0 Å². The molecule has 0 bridgehead atoms. The average molecular weight is 307 g/mol. The second kappa shape index (κ2) is 4.75. The van der Waals surface area contributed by atoms with Gasteiger partial charge in [0.1, 0.15) is 5.15 Å². The number of rotatable bonds is 3. The first-order chi connectivity index (χ1) is 8.42. The van der Waals surface area contributed by atoms with Crippen molar-refractivity contribution in [1.29, 1.82) is 0 Å². The van der Waals surface area contributed by atoms with Gasteiger partial charge >= 0.3 is 0 Å². The van der Waals surface area contributed by atoms with Gasteiger partial charge in [0, 0.05) is 13.2 Å². The van der Waals surface area contributed by atoms with Crippen LogP contribution in [0.15, 0.2) is 29.8 Å². The van der Waals surface area contributed by atoms with Gasteiger partial charge in [-0.3, -0.25) is 9.71 Å². The van der Waals surface area contributed by atoms with Crippen LogP contribution in [-0.4, -0.2) is 23.0 Å². The van der Waals surface area contributed by atoms with Gasteiger partial charge in [0.25, 0.3) is 10.0 Å². The van der Waals surface area contributed by atoms with Crippen LogP contribution in [0.3, 0.4) is 0 Å². The van der Waals surface area contributed by atoms with Crippen LogP contribution in [0.2, 0.25) is 10.2 Å². The predicted octanol–water partition coefficient (Wildman–Crippen LogP) is 1.92. The van der Waals surface area contributed by atoms with Crippen LogP contribution in [0, 0.1) is 0 Å². The Balaban J connectivity index is 2.40. The Bertz CT molecular complexity index is 684. The number of halogens is 2. The third-order valence-electron chi connectivity index (χ3n) is 2.10. The van der Waals surface area contributed by atoms with Gasteiger partial charge in [-0.05, 0) is 6.07 Å². The van der Waals surface area contributed by atoms with Gasteiger partial charge < -0.3 is 4.57 Å². The molecule has 0 aliphatic rings. The number of anilines is 1. The van der Waals surface area contributed by atoms with E-state index in [9.17, 15) is 8.42 Å². The molecule has 18 heavy (non-hydrogen) atoms. The molecule has 6 nitrogen and oxygen atoms in total. The number of imidazole rings is 1. The molecule has 2 heterocycles. The van der Waals surface area contributed by atoms with E-state index in [4.69, 9.17) is 23.2 Å². The summed E-state index contributed by atoms with van der Waals surface area (Å²) in [6, 6.07) is 1.47. The smallest absolute Gasteiger partial charge is 0.282 e. The summed E-state index contributed by atoms with van der Waals surface area (Å²) in [5.41, 5.74) is 0.167. The van der Waals surface area contributed by atoms with Crippen LogP contribution < -0.4 is 4.72 Å². The van der Waals surface area contributed by atoms with E-state index in [0.717, 1.165) is 0 Å². The maximum atomic E-state index is 12.0. The first kappa shape index (κ1) is 13.1. The number of nitrogens with one attached hydrogen (secondary N) is 1. The normalized spacial score (nSPS) is 11.5. The highest BCUT2D eigenvalue weighted by atomic mass is 35.5. The Morgan fingerprint density at radius 1 is 1.39 bits per heavy atom. The minimum Gasteiger partial charge on any atom is -0.324 e. The molecule has 9 heteroatoms. The van der Waals surface area contributed by atoms with Crippen molar-refractivity contribution >= 4 is 38.9 Å². The molecule has 0 radical (unpaired) electrons. The summed E-state index contributed by atoms with van der Waals surface area (Å²) in [6.07, 6.45) is 4.06.